The van der Waals surface area contributed by atoms with Crippen LogP contribution in [0.25, 0.3) is 0 Å². The number of hydrogen-bond acceptors (Lipinski definition) is 5. The molecule has 2 heterocycles. The van der Waals surface area contributed by atoms with E-state index in [0.717, 1.165) is 44.9 Å². The number of anilines is 1. The van der Waals surface area contributed by atoms with E-state index in [-0.39, 0.29) is 5.91 Å². The van der Waals surface area contributed by atoms with Crippen LogP contribution in [0, 0.1) is 0 Å². The van der Waals surface area contributed by atoms with Gasteiger partial charge in [-0.2, -0.15) is 0 Å². The summed E-state index contributed by atoms with van der Waals surface area (Å²) < 4.78 is 5.46. The molecule has 0 spiro atoms. The van der Waals surface area contributed by atoms with Gasteiger partial charge in [-0.1, -0.05) is 12.1 Å². The maximum absolute atomic E-state index is 12.0. The first-order chi connectivity index (χ1) is 12.8. The SMILES string of the molecule is COc1ccccc1N1CCN(CCCNC(=O)c2cccnc2)CC1. The summed E-state index contributed by atoms with van der Waals surface area (Å²) in [4.78, 5) is 20.8. The highest BCUT2D eigenvalue weighted by atomic mass is 16.5. The number of pyridine rings is 1. The molecule has 0 atom stereocenters. The van der Waals surface area contributed by atoms with Gasteiger partial charge in [-0.15, -0.1) is 0 Å². The summed E-state index contributed by atoms with van der Waals surface area (Å²) in [6.07, 6.45) is 4.20. The van der Waals surface area contributed by atoms with E-state index in [1.807, 2.05) is 12.1 Å². The van der Waals surface area contributed by atoms with Gasteiger partial charge < -0.3 is 15.0 Å². The molecule has 1 N–H and O–H groups in total. The number of hydrogen-bond donors (Lipinski definition) is 1. The summed E-state index contributed by atoms with van der Waals surface area (Å²) in [6.45, 7) is 5.70. The number of nitrogens with one attached hydrogen (secondary N) is 1. The maximum atomic E-state index is 12.0. The van der Waals surface area contributed by atoms with E-state index in [0.29, 0.717) is 12.1 Å². The smallest absolute Gasteiger partial charge is 0.252 e. The molecule has 0 unspecified atom stereocenters. The third-order valence-corrected chi connectivity index (χ3v) is 4.66. The highest BCUT2D eigenvalue weighted by molar-refractivity contribution is 5.93. The van der Waals surface area contributed by atoms with Crippen molar-refractivity contribution in [2.75, 3.05) is 51.3 Å². The fraction of sp³-hybridized carbons (Fsp3) is 0.400. The number of carbonyl (C=O) groups excluding carboxylic acids is 1. The van der Waals surface area contributed by atoms with Crippen LogP contribution < -0.4 is 15.0 Å². The van der Waals surface area contributed by atoms with Gasteiger partial charge in [-0.3, -0.25) is 14.7 Å². The average molecular weight is 354 g/mol. The van der Waals surface area contributed by atoms with Gasteiger partial charge in [0.2, 0.25) is 0 Å². The van der Waals surface area contributed by atoms with Crippen molar-refractivity contribution in [2.45, 2.75) is 6.42 Å². The molecular weight excluding hydrogens is 328 g/mol. The fourth-order valence-electron chi connectivity index (χ4n) is 3.21. The number of amides is 1. The van der Waals surface area contributed by atoms with Crippen LogP contribution in [-0.2, 0) is 0 Å². The van der Waals surface area contributed by atoms with Crippen molar-refractivity contribution in [2.24, 2.45) is 0 Å². The summed E-state index contributed by atoms with van der Waals surface area (Å²) in [5, 5.41) is 2.96. The molecule has 138 valence electrons. The van der Waals surface area contributed by atoms with Crippen molar-refractivity contribution in [3.63, 3.8) is 0 Å². The second-order valence-corrected chi connectivity index (χ2v) is 6.35. The topological polar surface area (TPSA) is 57.7 Å². The Morgan fingerprint density at radius 3 is 2.69 bits per heavy atom. The van der Waals surface area contributed by atoms with E-state index in [1.54, 1.807) is 31.6 Å². The molecule has 0 saturated carbocycles. The largest absolute Gasteiger partial charge is 0.495 e. The molecule has 0 aliphatic carbocycles. The first-order valence-corrected chi connectivity index (χ1v) is 9.06. The van der Waals surface area contributed by atoms with Crippen LogP contribution in [0.15, 0.2) is 48.8 Å². The highest BCUT2D eigenvalue weighted by Crippen LogP contribution is 2.28. The number of para-hydroxylation sites is 2. The second-order valence-electron chi connectivity index (χ2n) is 6.35. The molecule has 0 radical (unpaired) electrons. The van der Waals surface area contributed by atoms with Crippen LogP contribution in [0.3, 0.4) is 0 Å². The summed E-state index contributed by atoms with van der Waals surface area (Å²) in [6, 6.07) is 11.7. The highest BCUT2D eigenvalue weighted by Gasteiger charge is 2.19. The van der Waals surface area contributed by atoms with Gasteiger partial charge in [0.15, 0.2) is 0 Å². The van der Waals surface area contributed by atoms with Crippen LogP contribution in [0.4, 0.5) is 5.69 Å². The van der Waals surface area contributed by atoms with E-state index in [1.165, 1.54) is 5.69 Å². The molecular formula is C20H26N4O2. The summed E-state index contributed by atoms with van der Waals surface area (Å²) in [5.41, 5.74) is 1.77. The summed E-state index contributed by atoms with van der Waals surface area (Å²) in [7, 11) is 1.72. The standard InChI is InChI=1S/C20H26N4O2/c1-26-19-8-3-2-7-18(19)24-14-12-23(13-15-24)11-5-10-22-20(25)17-6-4-9-21-16-17/h2-4,6-9,16H,5,10-15H2,1H3,(H,22,25). The van der Waals surface area contributed by atoms with Crippen LogP contribution in [-0.4, -0.2) is 62.2 Å². The molecule has 1 aliphatic heterocycles. The molecule has 3 rings (SSSR count). The Labute approximate surface area is 154 Å². The van der Waals surface area contributed by atoms with Crippen molar-refractivity contribution in [3.05, 3.63) is 54.4 Å². The van der Waals surface area contributed by atoms with Gasteiger partial charge >= 0.3 is 0 Å². The second kappa shape index (κ2) is 9.20. The molecule has 1 aromatic heterocycles. The van der Waals surface area contributed by atoms with Gasteiger partial charge in [0, 0.05) is 45.1 Å². The third-order valence-electron chi connectivity index (χ3n) is 4.66. The number of benzene rings is 1. The first-order valence-electron chi connectivity index (χ1n) is 9.06. The number of rotatable bonds is 7. The molecule has 1 fully saturated rings. The Hall–Kier alpha value is -2.60. The van der Waals surface area contributed by atoms with E-state index < -0.39 is 0 Å². The van der Waals surface area contributed by atoms with Crippen LogP contribution in [0.5, 0.6) is 5.75 Å². The van der Waals surface area contributed by atoms with E-state index in [2.05, 4.69) is 32.2 Å². The molecule has 1 aliphatic rings. The normalized spacial score (nSPS) is 14.9. The molecule has 1 amide bonds. The van der Waals surface area contributed by atoms with Gasteiger partial charge in [0.05, 0.1) is 18.4 Å². The Bertz CT molecular complexity index is 700. The average Bonchev–Trinajstić information content (AvgIpc) is 2.72. The number of carbonyl (C=O) groups is 1. The van der Waals surface area contributed by atoms with Gasteiger partial charge in [0.1, 0.15) is 5.75 Å². The quantitative estimate of drug-likeness (QED) is 0.771. The van der Waals surface area contributed by atoms with Crippen molar-refractivity contribution in [1.29, 1.82) is 0 Å². The molecule has 6 nitrogen and oxygen atoms in total. The van der Waals surface area contributed by atoms with Crippen LogP contribution in [0.2, 0.25) is 0 Å². The lowest BCUT2D eigenvalue weighted by Gasteiger charge is -2.36. The van der Waals surface area contributed by atoms with Gasteiger partial charge in [-0.05, 0) is 37.2 Å². The Morgan fingerprint density at radius 2 is 1.96 bits per heavy atom. The number of nitrogens with zero attached hydrogens (tertiary/aromatic N) is 3. The molecule has 0 bridgehead atoms. The Kier molecular flexibility index (Phi) is 6.44. The van der Waals surface area contributed by atoms with Gasteiger partial charge in [-0.25, -0.2) is 0 Å². The predicted molar refractivity (Wildman–Crippen MR) is 103 cm³/mol. The van der Waals surface area contributed by atoms with Crippen molar-refractivity contribution >= 4 is 11.6 Å². The van der Waals surface area contributed by atoms with Crippen LogP contribution >= 0.6 is 0 Å². The molecule has 1 saturated heterocycles. The predicted octanol–water partition coefficient (Wildman–Crippen LogP) is 2.03. The fourth-order valence-corrected chi connectivity index (χ4v) is 3.21. The summed E-state index contributed by atoms with van der Waals surface area (Å²) in [5.74, 6) is 0.873. The van der Waals surface area contributed by atoms with Crippen molar-refractivity contribution in [3.8, 4) is 5.75 Å². The zero-order valence-electron chi connectivity index (χ0n) is 15.2. The van der Waals surface area contributed by atoms with E-state index in [9.17, 15) is 4.79 Å². The van der Waals surface area contributed by atoms with Crippen molar-refractivity contribution in [1.82, 2.24) is 15.2 Å². The maximum Gasteiger partial charge on any atom is 0.252 e. The minimum Gasteiger partial charge on any atom is -0.495 e. The third kappa shape index (κ3) is 4.73. The number of methoxy groups -OCH3 is 1. The molecule has 2 aromatic rings. The Balaban J connectivity index is 1.37. The zero-order chi connectivity index (χ0) is 18.2. The minimum absolute atomic E-state index is 0.0564. The molecule has 6 heteroatoms. The molecule has 1 aromatic carbocycles. The minimum atomic E-state index is -0.0564. The zero-order valence-corrected chi connectivity index (χ0v) is 15.2. The number of ether oxygens (including phenoxy) is 1. The lowest BCUT2D eigenvalue weighted by molar-refractivity contribution is 0.0951. The van der Waals surface area contributed by atoms with Crippen LogP contribution in [0.1, 0.15) is 16.8 Å². The lowest BCUT2D eigenvalue weighted by atomic mass is 10.2. The van der Waals surface area contributed by atoms with E-state index >= 15 is 0 Å². The Morgan fingerprint density at radius 1 is 1.15 bits per heavy atom. The van der Waals surface area contributed by atoms with E-state index in [4.69, 9.17) is 4.74 Å². The summed E-state index contributed by atoms with van der Waals surface area (Å²) >= 11 is 0. The number of aromatic nitrogens is 1. The monoisotopic (exact) mass is 354 g/mol. The lowest BCUT2D eigenvalue weighted by Crippen LogP contribution is -2.47. The number of piperazine rings is 1. The van der Waals surface area contributed by atoms with Crippen molar-refractivity contribution < 1.29 is 9.53 Å². The first kappa shape index (κ1) is 18.2. The van der Waals surface area contributed by atoms with Gasteiger partial charge in [0.25, 0.3) is 5.91 Å². The molecule has 26 heavy (non-hydrogen) atoms.